The molecule has 8 nitrogen and oxygen atoms in total. The first kappa shape index (κ1) is 24.8. The van der Waals surface area contributed by atoms with Crippen molar-refractivity contribution in [3.05, 3.63) is 47.9 Å². The minimum Gasteiger partial charge on any atom is -0.490 e. The number of aromatic nitrogens is 2. The number of carbonyl (C=O) groups is 1. The number of nitrogen functional groups attached to an aromatic ring is 1. The van der Waals surface area contributed by atoms with Crippen LogP contribution in [0.5, 0.6) is 5.75 Å². The maximum Gasteiger partial charge on any atom is 0.277 e. The Balaban J connectivity index is 1.59. The fourth-order valence-electron chi connectivity index (χ4n) is 3.94. The zero-order valence-corrected chi connectivity index (χ0v) is 20.2. The second-order valence-corrected chi connectivity index (χ2v) is 9.39. The van der Waals surface area contributed by atoms with Gasteiger partial charge in [-0.25, -0.2) is 13.8 Å². The Labute approximate surface area is 206 Å². The number of anilines is 3. The zero-order valence-electron chi connectivity index (χ0n) is 19.4. The van der Waals surface area contributed by atoms with E-state index < -0.39 is 17.5 Å². The fourth-order valence-corrected chi connectivity index (χ4v) is 4.81. The average molecular weight is 503 g/mol. The van der Waals surface area contributed by atoms with Crippen LogP contribution in [0, 0.1) is 11.6 Å². The molecule has 0 bridgehead atoms. The number of pyridine rings is 1. The van der Waals surface area contributed by atoms with E-state index in [-0.39, 0.29) is 33.1 Å². The molecular formula is C24H28F2N6O2S. The van der Waals surface area contributed by atoms with Crippen molar-refractivity contribution < 1.29 is 18.3 Å². The van der Waals surface area contributed by atoms with Crippen molar-refractivity contribution in [3.63, 3.8) is 0 Å². The molecule has 4 rings (SSSR count). The summed E-state index contributed by atoms with van der Waals surface area (Å²) in [6.07, 6.45) is 6.67. The van der Waals surface area contributed by atoms with E-state index in [0.717, 1.165) is 55.3 Å². The molecular weight excluding hydrogens is 474 g/mol. The lowest BCUT2D eigenvalue weighted by atomic mass is 10.1. The normalized spacial score (nSPS) is 15.8. The van der Waals surface area contributed by atoms with Crippen molar-refractivity contribution >= 4 is 33.6 Å². The summed E-state index contributed by atoms with van der Waals surface area (Å²) >= 11 is 0.832. The maximum atomic E-state index is 15.1. The van der Waals surface area contributed by atoms with Crippen LogP contribution in [0.1, 0.15) is 43.1 Å². The van der Waals surface area contributed by atoms with Gasteiger partial charge in [-0.2, -0.15) is 0 Å². The highest BCUT2D eigenvalue weighted by Crippen LogP contribution is 2.37. The number of amides is 1. The molecule has 1 amide bonds. The third kappa shape index (κ3) is 5.51. The van der Waals surface area contributed by atoms with Crippen LogP contribution in [0.4, 0.5) is 25.2 Å². The summed E-state index contributed by atoms with van der Waals surface area (Å²) in [6.45, 7) is 3.75. The first-order chi connectivity index (χ1) is 16.9. The smallest absolute Gasteiger partial charge is 0.277 e. The fraction of sp³-hybridized carbons (Fsp3) is 0.375. The van der Waals surface area contributed by atoms with Crippen LogP contribution in [-0.4, -0.2) is 41.6 Å². The molecule has 5 N–H and O–H groups in total. The molecule has 1 saturated heterocycles. The number of nitrogens with one attached hydrogen (secondary N) is 1. The van der Waals surface area contributed by atoms with Crippen molar-refractivity contribution in [2.75, 3.05) is 35.6 Å². The first-order valence-corrected chi connectivity index (χ1v) is 12.3. The molecule has 3 heterocycles. The van der Waals surface area contributed by atoms with Crippen LogP contribution in [0.2, 0.25) is 0 Å². The molecule has 0 spiro atoms. The van der Waals surface area contributed by atoms with Gasteiger partial charge in [0, 0.05) is 25.3 Å². The average Bonchev–Trinajstić information content (AvgIpc) is 3.22. The Morgan fingerprint density at radius 2 is 2.17 bits per heavy atom. The van der Waals surface area contributed by atoms with Crippen molar-refractivity contribution in [1.29, 1.82) is 0 Å². The predicted molar refractivity (Wildman–Crippen MR) is 134 cm³/mol. The van der Waals surface area contributed by atoms with Gasteiger partial charge in [0.15, 0.2) is 17.3 Å². The number of unbranched alkanes of at least 4 members (excludes halogenated alkanes) is 1. The molecule has 0 saturated carbocycles. The van der Waals surface area contributed by atoms with Gasteiger partial charge in [-0.1, -0.05) is 24.7 Å². The van der Waals surface area contributed by atoms with E-state index in [4.69, 9.17) is 16.2 Å². The van der Waals surface area contributed by atoms with E-state index in [1.165, 1.54) is 12.3 Å². The van der Waals surface area contributed by atoms with E-state index in [9.17, 15) is 9.18 Å². The number of benzene rings is 1. The van der Waals surface area contributed by atoms with Gasteiger partial charge in [-0.3, -0.25) is 9.78 Å². The molecule has 1 aliphatic rings. The van der Waals surface area contributed by atoms with Gasteiger partial charge in [0.1, 0.15) is 15.8 Å². The molecule has 0 radical (unpaired) electrons. The Hall–Kier alpha value is -3.31. The molecule has 1 unspecified atom stereocenters. The summed E-state index contributed by atoms with van der Waals surface area (Å²) in [5.74, 6) is -2.37. The quantitative estimate of drug-likeness (QED) is 0.390. The molecule has 1 aliphatic heterocycles. The van der Waals surface area contributed by atoms with Crippen LogP contribution in [0.15, 0.2) is 30.6 Å². The predicted octanol–water partition coefficient (Wildman–Crippen LogP) is 4.42. The molecule has 186 valence electrons. The number of halogens is 2. The number of carbonyl (C=O) groups excluding carboxylic acids is 1. The molecule has 2 aromatic heterocycles. The standard InChI is InChI=1S/C24H28F2N6O2S/c1-2-3-11-34-18-7-6-15(25)19(20(18)26)24-31-21(22(28)35-24)23(33)30-16-12-29-9-8-17(16)32-10-4-5-14(27)13-32/h6-9,12,14H,2-5,10-11,13,27-28H2,1H3,(H,30,33). The lowest BCUT2D eigenvalue weighted by Gasteiger charge is -2.33. The lowest BCUT2D eigenvalue weighted by molar-refractivity contribution is 0.102. The van der Waals surface area contributed by atoms with E-state index in [2.05, 4.69) is 20.2 Å². The van der Waals surface area contributed by atoms with Crippen LogP contribution >= 0.6 is 11.3 Å². The summed E-state index contributed by atoms with van der Waals surface area (Å²) < 4.78 is 35.1. The van der Waals surface area contributed by atoms with Gasteiger partial charge in [-0.05, 0) is 37.5 Å². The highest BCUT2D eigenvalue weighted by Gasteiger charge is 2.25. The first-order valence-electron chi connectivity index (χ1n) is 11.5. The van der Waals surface area contributed by atoms with E-state index >= 15 is 4.39 Å². The van der Waals surface area contributed by atoms with Crippen molar-refractivity contribution in [2.24, 2.45) is 5.73 Å². The molecule has 0 aliphatic carbocycles. The summed E-state index contributed by atoms with van der Waals surface area (Å²) in [5.41, 5.74) is 12.9. The lowest BCUT2D eigenvalue weighted by Crippen LogP contribution is -2.43. The molecule has 1 atom stereocenters. The molecule has 1 fully saturated rings. The van der Waals surface area contributed by atoms with Gasteiger partial charge < -0.3 is 26.4 Å². The Kier molecular flexibility index (Phi) is 7.76. The Morgan fingerprint density at radius 1 is 1.34 bits per heavy atom. The Morgan fingerprint density at radius 3 is 2.94 bits per heavy atom. The number of hydrogen-bond donors (Lipinski definition) is 3. The minimum atomic E-state index is -0.877. The van der Waals surface area contributed by atoms with E-state index in [0.29, 0.717) is 18.8 Å². The van der Waals surface area contributed by atoms with Crippen LogP contribution in [0.25, 0.3) is 10.6 Å². The van der Waals surface area contributed by atoms with Gasteiger partial charge in [0.25, 0.3) is 5.91 Å². The third-order valence-electron chi connectivity index (χ3n) is 5.74. The number of ether oxygens (including phenoxy) is 1. The van der Waals surface area contributed by atoms with Gasteiger partial charge in [0.2, 0.25) is 0 Å². The Bertz CT molecular complexity index is 1200. The molecule has 1 aromatic carbocycles. The van der Waals surface area contributed by atoms with Gasteiger partial charge in [0.05, 0.1) is 29.7 Å². The number of rotatable bonds is 8. The number of thiazole rings is 1. The molecule has 3 aromatic rings. The number of nitrogens with zero attached hydrogens (tertiary/aromatic N) is 3. The number of piperidine rings is 1. The monoisotopic (exact) mass is 502 g/mol. The van der Waals surface area contributed by atoms with E-state index in [1.54, 1.807) is 12.3 Å². The van der Waals surface area contributed by atoms with Crippen molar-refractivity contribution in [1.82, 2.24) is 9.97 Å². The number of nitrogens with two attached hydrogens (primary N) is 2. The summed E-state index contributed by atoms with van der Waals surface area (Å²) in [6, 6.07) is 4.20. The van der Waals surface area contributed by atoms with Crippen molar-refractivity contribution in [2.45, 2.75) is 38.6 Å². The van der Waals surface area contributed by atoms with E-state index in [1.807, 2.05) is 6.92 Å². The summed E-state index contributed by atoms with van der Waals surface area (Å²) in [5, 5.41) is 2.78. The van der Waals surface area contributed by atoms with Crippen molar-refractivity contribution in [3.8, 4) is 16.3 Å². The summed E-state index contributed by atoms with van der Waals surface area (Å²) in [4.78, 5) is 23.4. The SMILES string of the molecule is CCCCOc1ccc(F)c(-c2nc(C(=O)Nc3cnccc3N3CCCC(N)C3)c(N)s2)c1F. The highest BCUT2D eigenvalue weighted by atomic mass is 32.1. The molecule has 35 heavy (non-hydrogen) atoms. The third-order valence-corrected chi connectivity index (χ3v) is 6.64. The minimum absolute atomic E-state index is 0.0408. The highest BCUT2D eigenvalue weighted by molar-refractivity contribution is 7.19. The topological polar surface area (TPSA) is 119 Å². The van der Waals surface area contributed by atoms with Gasteiger partial charge >= 0.3 is 0 Å². The summed E-state index contributed by atoms with van der Waals surface area (Å²) in [7, 11) is 0. The second-order valence-electron chi connectivity index (χ2n) is 8.36. The maximum absolute atomic E-state index is 15.1. The van der Waals surface area contributed by atoms with Crippen LogP contribution in [-0.2, 0) is 0 Å². The van der Waals surface area contributed by atoms with Gasteiger partial charge in [-0.15, -0.1) is 0 Å². The van der Waals surface area contributed by atoms with Crippen LogP contribution < -0.4 is 26.4 Å². The second kappa shape index (κ2) is 11.0. The van der Waals surface area contributed by atoms with Crippen LogP contribution in [0.3, 0.4) is 0 Å². The largest absolute Gasteiger partial charge is 0.490 e. The molecule has 11 heteroatoms. The zero-order chi connectivity index (χ0) is 24.9. The number of hydrogen-bond acceptors (Lipinski definition) is 8.